The van der Waals surface area contributed by atoms with Gasteiger partial charge in [0.2, 0.25) is 11.7 Å². The van der Waals surface area contributed by atoms with E-state index in [1.165, 1.54) is 30.3 Å². The quantitative estimate of drug-likeness (QED) is 0.437. The van der Waals surface area contributed by atoms with E-state index in [0.29, 0.717) is 55.0 Å². The Bertz CT molecular complexity index is 1110. The molecule has 1 aromatic heterocycles. The molecular weight excluding hydrogens is 429 g/mol. The molecule has 0 atom stereocenters. The highest BCUT2D eigenvalue weighted by Gasteiger charge is 2.25. The number of hydrogen-bond donors (Lipinski definition) is 0. The lowest BCUT2D eigenvalue weighted by Gasteiger charge is -2.34. The summed E-state index contributed by atoms with van der Waals surface area (Å²) in [7, 11) is 0. The maximum absolute atomic E-state index is 14.0. The SMILES string of the molecule is O=C(c1cc(Cl)ccc1F)N1CCN(Cc2nc(-c3ccc([N+](=O)[O-])cc3)no2)CC1. The van der Waals surface area contributed by atoms with E-state index in [1.807, 2.05) is 4.90 Å². The maximum Gasteiger partial charge on any atom is 0.269 e. The highest BCUT2D eigenvalue weighted by molar-refractivity contribution is 6.31. The highest BCUT2D eigenvalue weighted by Crippen LogP contribution is 2.21. The minimum Gasteiger partial charge on any atom is -0.338 e. The molecule has 1 amide bonds. The average molecular weight is 446 g/mol. The number of carbonyl (C=O) groups is 1. The summed E-state index contributed by atoms with van der Waals surface area (Å²) < 4.78 is 19.3. The normalized spacial score (nSPS) is 14.6. The number of nitro benzene ring substituents is 1. The number of nitro groups is 1. The first-order valence-electron chi connectivity index (χ1n) is 9.45. The van der Waals surface area contributed by atoms with Crippen LogP contribution >= 0.6 is 11.6 Å². The van der Waals surface area contributed by atoms with Gasteiger partial charge in [-0.15, -0.1) is 0 Å². The zero-order valence-electron chi connectivity index (χ0n) is 16.2. The lowest BCUT2D eigenvalue weighted by atomic mass is 10.1. The minimum absolute atomic E-state index is 0.0162. The third-order valence-corrected chi connectivity index (χ3v) is 5.22. The van der Waals surface area contributed by atoms with Gasteiger partial charge < -0.3 is 9.42 Å². The minimum atomic E-state index is -0.596. The summed E-state index contributed by atoms with van der Waals surface area (Å²) in [4.78, 5) is 30.8. The van der Waals surface area contributed by atoms with Crippen molar-refractivity contribution in [2.45, 2.75) is 6.54 Å². The Kier molecular flexibility index (Phi) is 5.92. The summed E-state index contributed by atoms with van der Waals surface area (Å²) in [6.45, 7) is 2.36. The monoisotopic (exact) mass is 445 g/mol. The number of nitrogens with zero attached hydrogens (tertiary/aromatic N) is 5. The summed E-state index contributed by atoms with van der Waals surface area (Å²) >= 11 is 5.88. The molecule has 1 fully saturated rings. The molecule has 9 nitrogen and oxygen atoms in total. The van der Waals surface area contributed by atoms with E-state index < -0.39 is 16.6 Å². The van der Waals surface area contributed by atoms with Crippen molar-refractivity contribution in [3.63, 3.8) is 0 Å². The highest BCUT2D eigenvalue weighted by atomic mass is 35.5. The molecule has 0 unspecified atom stereocenters. The molecule has 11 heteroatoms. The van der Waals surface area contributed by atoms with Gasteiger partial charge in [-0.2, -0.15) is 4.98 Å². The van der Waals surface area contributed by atoms with E-state index >= 15 is 0 Å². The Hall–Kier alpha value is -3.37. The van der Waals surface area contributed by atoms with Crippen molar-refractivity contribution >= 4 is 23.2 Å². The van der Waals surface area contributed by atoms with Crippen LogP contribution in [0.3, 0.4) is 0 Å². The van der Waals surface area contributed by atoms with Gasteiger partial charge in [0.05, 0.1) is 17.0 Å². The van der Waals surface area contributed by atoms with Crippen LogP contribution in [0, 0.1) is 15.9 Å². The number of benzene rings is 2. The molecule has 0 saturated carbocycles. The van der Waals surface area contributed by atoms with Crippen molar-refractivity contribution in [1.29, 1.82) is 0 Å². The number of hydrogen-bond acceptors (Lipinski definition) is 7. The number of carbonyl (C=O) groups excluding carboxylic acids is 1. The number of aromatic nitrogens is 2. The Morgan fingerprint density at radius 1 is 1.16 bits per heavy atom. The summed E-state index contributed by atoms with van der Waals surface area (Å²) in [6.07, 6.45) is 0. The standard InChI is InChI=1S/C20H17ClFN5O4/c21-14-3-6-17(22)16(11-14)20(28)26-9-7-25(8-10-26)12-18-23-19(24-31-18)13-1-4-15(5-2-13)27(29)30/h1-6,11H,7-10,12H2. The zero-order valence-corrected chi connectivity index (χ0v) is 17.0. The molecule has 2 heterocycles. The lowest BCUT2D eigenvalue weighted by molar-refractivity contribution is -0.384. The summed E-state index contributed by atoms with van der Waals surface area (Å²) in [5, 5.41) is 15.0. The van der Waals surface area contributed by atoms with Crippen molar-refractivity contribution < 1.29 is 18.6 Å². The first kappa shape index (κ1) is 20.9. The van der Waals surface area contributed by atoms with Gasteiger partial charge >= 0.3 is 0 Å². The van der Waals surface area contributed by atoms with Crippen molar-refractivity contribution in [2.75, 3.05) is 26.2 Å². The lowest BCUT2D eigenvalue weighted by Crippen LogP contribution is -2.48. The average Bonchev–Trinajstić information content (AvgIpc) is 3.24. The van der Waals surface area contributed by atoms with Crippen LogP contribution in [0.2, 0.25) is 5.02 Å². The fourth-order valence-electron chi connectivity index (χ4n) is 3.30. The van der Waals surface area contributed by atoms with E-state index in [1.54, 1.807) is 17.0 Å². The van der Waals surface area contributed by atoms with E-state index in [-0.39, 0.29) is 11.3 Å². The summed E-state index contributed by atoms with van der Waals surface area (Å²) in [5.74, 6) is -0.247. The van der Waals surface area contributed by atoms with Crippen LogP contribution in [0.1, 0.15) is 16.2 Å². The largest absolute Gasteiger partial charge is 0.338 e. The second-order valence-electron chi connectivity index (χ2n) is 7.01. The molecule has 1 saturated heterocycles. The third-order valence-electron chi connectivity index (χ3n) is 4.98. The van der Waals surface area contributed by atoms with Gasteiger partial charge in [-0.05, 0) is 30.3 Å². The van der Waals surface area contributed by atoms with Gasteiger partial charge in [-0.25, -0.2) is 4.39 Å². The first-order chi connectivity index (χ1) is 14.9. The number of piperazine rings is 1. The Morgan fingerprint density at radius 3 is 2.55 bits per heavy atom. The van der Waals surface area contributed by atoms with Crippen LogP contribution in [-0.2, 0) is 6.54 Å². The Morgan fingerprint density at radius 2 is 1.87 bits per heavy atom. The molecule has 0 N–H and O–H groups in total. The zero-order chi connectivity index (χ0) is 22.0. The molecule has 0 aliphatic carbocycles. The molecule has 0 radical (unpaired) electrons. The number of amides is 1. The van der Waals surface area contributed by atoms with Crippen LogP contribution in [0.15, 0.2) is 47.0 Å². The van der Waals surface area contributed by atoms with Crippen LogP contribution in [-0.4, -0.2) is 56.9 Å². The van der Waals surface area contributed by atoms with Crippen molar-refractivity contribution in [1.82, 2.24) is 19.9 Å². The van der Waals surface area contributed by atoms with Crippen molar-refractivity contribution in [2.24, 2.45) is 0 Å². The molecule has 3 aromatic rings. The van der Waals surface area contributed by atoms with Crippen molar-refractivity contribution in [3.8, 4) is 11.4 Å². The van der Waals surface area contributed by atoms with Gasteiger partial charge in [0.25, 0.3) is 11.6 Å². The predicted octanol–water partition coefficient (Wildman–Crippen LogP) is 3.40. The van der Waals surface area contributed by atoms with Gasteiger partial charge in [0.1, 0.15) is 5.82 Å². The molecule has 160 valence electrons. The molecule has 2 aromatic carbocycles. The number of halogens is 2. The smallest absolute Gasteiger partial charge is 0.269 e. The second-order valence-corrected chi connectivity index (χ2v) is 7.44. The number of non-ortho nitro benzene ring substituents is 1. The van der Waals surface area contributed by atoms with Gasteiger partial charge in [0.15, 0.2) is 0 Å². The van der Waals surface area contributed by atoms with Gasteiger partial charge in [0, 0.05) is 48.9 Å². The first-order valence-corrected chi connectivity index (χ1v) is 9.82. The van der Waals surface area contributed by atoms with E-state index in [2.05, 4.69) is 10.1 Å². The molecular formula is C20H17ClFN5O4. The van der Waals surface area contributed by atoms with E-state index in [9.17, 15) is 19.3 Å². The molecule has 0 spiro atoms. The fourth-order valence-corrected chi connectivity index (χ4v) is 3.47. The topological polar surface area (TPSA) is 106 Å². The summed E-state index contributed by atoms with van der Waals surface area (Å²) in [5.41, 5.74) is 0.558. The fraction of sp³-hybridized carbons (Fsp3) is 0.250. The van der Waals surface area contributed by atoms with Crippen LogP contribution in [0.5, 0.6) is 0 Å². The molecule has 1 aliphatic heterocycles. The van der Waals surface area contributed by atoms with Gasteiger partial charge in [-0.1, -0.05) is 16.8 Å². The molecule has 1 aliphatic rings. The molecule has 4 rings (SSSR count). The van der Waals surface area contributed by atoms with Gasteiger partial charge in [-0.3, -0.25) is 19.8 Å². The van der Waals surface area contributed by atoms with Crippen molar-refractivity contribution in [3.05, 3.63) is 74.9 Å². The van der Waals surface area contributed by atoms with Crippen LogP contribution < -0.4 is 0 Å². The van der Waals surface area contributed by atoms with Crippen LogP contribution in [0.25, 0.3) is 11.4 Å². The van der Waals surface area contributed by atoms with Crippen LogP contribution in [0.4, 0.5) is 10.1 Å². The Balaban J connectivity index is 1.35. The second kappa shape index (κ2) is 8.78. The van der Waals surface area contributed by atoms with E-state index in [0.717, 1.165) is 0 Å². The summed E-state index contributed by atoms with van der Waals surface area (Å²) in [6, 6.07) is 9.81. The Labute approximate surface area is 181 Å². The maximum atomic E-state index is 14.0. The predicted molar refractivity (Wildman–Crippen MR) is 109 cm³/mol. The van der Waals surface area contributed by atoms with E-state index in [4.69, 9.17) is 16.1 Å². The number of rotatable bonds is 5. The molecule has 31 heavy (non-hydrogen) atoms. The third kappa shape index (κ3) is 4.70. The molecule has 0 bridgehead atoms.